The molecule has 0 bridgehead atoms. The highest BCUT2D eigenvalue weighted by Gasteiger charge is 2.18. The van der Waals surface area contributed by atoms with Gasteiger partial charge in [0.05, 0.1) is 0 Å². The van der Waals surface area contributed by atoms with E-state index in [4.69, 9.17) is 17.4 Å². The highest BCUT2D eigenvalue weighted by atomic mass is 35.5. The van der Waals surface area contributed by atoms with Crippen molar-refractivity contribution < 1.29 is 0 Å². The third kappa shape index (κ3) is 2.71. The number of hydrazine groups is 1. The molecule has 3 N–H and O–H groups in total. The van der Waals surface area contributed by atoms with Crippen molar-refractivity contribution in [3.8, 4) is 0 Å². The van der Waals surface area contributed by atoms with Gasteiger partial charge >= 0.3 is 0 Å². The molecular weight excluding hydrogens is 208 g/mol. The molecule has 0 radical (unpaired) electrons. The molecule has 0 aliphatic carbocycles. The van der Waals surface area contributed by atoms with Gasteiger partial charge < -0.3 is 0 Å². The second-order valence-corrected chi connectivity index (χ2v) is 4.39. The largest absolute Gasteiger partial charge is 0.271 e. The standard InChI is InChI=1S/C12H19ClN2/c1-4-8(2)12(15-14)10-6-5-7-11(13)9(10)3/h5-8,12,15H,4,14H2,1-3H3. The molecule has 0 amide bonds. The lowest BCUT2D eigenvalue weighted by atomic mass is 9.90. The molecule has 0 aromatic heterocycles. The van der Waals surface area contributed by atoms with Gasteiger partial charge in [0, 0.05) is 11.1 Å². The lowest BCUT2D eigenvalue weighted by Gasteiger charge is -2.24. The van der Waals surface area contributed by atoms with E-state index in [9.17, 15) is 0 Å². The van der Waals surface area contributed by atoms with Crippen molar-refractivity contribution in [1.29, 1.82) is 0 Å². The number of halogens is 1. The third-order valence-corrected chi connectivity index (χ3v) is 3.45. The molecule has 2 nitrogen and oxygen atoms in total. The Morgan fingerprint density at radius 3 is 2.67 bits per heavy atom. The van der Waals surface area contributed by atoms with Crippen molar-refractivity contribution >= 4 is 11.6 Å². The molecule has 0 fully saturated rings. The Bertz CT molecular complexity index is 325. The van der Waals surface area contributed by atoms with Gasteiger partial charge in [-0.2, -0.15) is 0 Å². The number of nitrogens with two attached hydrogens (primary N) is 1. The van der Waals surface area contributed by atoms with E-state index in [2.05, 4.69) is 25.3 Å². The molecule has 15 heavy (non-hydrogen) atoms. The van der Waals surface area contributed by atoms with Crippen molar-refractivity contribution in [3.63, 3.8) is 0 Å². The topological polar surface area (TPSA) is 38.0 Å². The quantitative estimate of drug-likeness (QED) is 0.611. The zero-order valence-corrected chi connectivity index (χ0v) is 10.3. The van der Waals surface area contributed by atoms with Crippen LogP contribution in [0.15, 0.2) is 18.2 Å². The van der Waals surface area contributed by atoms with Gasteiger partial charge in [-0.3, -0.25) is 11.3 Å². The van der Waals surface area contributed by atoms with Crippen LogP contribution in [0.5, 0.6) is 0 Å². The summed E-state index contributed by atoms with van der Waals surface area (Å²) < 4.78 is 0. The predicted molar refractivity (Wildman–Crippen MR) is 65.7 cm³/mol. The molecule has 84 valence electrons. The molecule has 0 saturated heterocycles. The van der Waals surface area contributed by atoms with Gasteiger partial charge in [-0.15, -0.1) is 0 Å². The van der Waals surface area contributed by atoms with Crippen LogP contribution in [-0.4, -0.2) is 0 Å². The Hall–Kier alpha value is -0.570. The normalized spacial score (nSPS) is 15.0. The van der Waals surface area contributed by atoms with Gasteiger partial charge in [0.2, 0.25) is 0 Å². The fourth-order valence-electron chi connectivity index (χ4n) is 1.76. The Balaban J connectivity index is 3.07. The fourth-order valence-corrected chi connectivity index (χ4v) is 1.94. The molecule has 2 unspecified atom stereocenters. The van der Waals surface area contributed by atoms with E-state index in [1.165, 1.54) is 5.56 Å². The van der Waals surface area contributed by atoms with Crippen molar-refractivity contribution in [2.24, 2.45) is 11.8 Å². The summed E-state index contributed by atoms with van der Waals surface area (Å²) in [6.07, 6.45) is 1.08. The Labute approximate surface area is 96.8 Å². The summed E-state index contributed by atoms with van der Waals surface area (Å²) in [7, 11) is 0. The summed E-state index contributed by atoms with van der Waals surface area (Å²) in [6.45, 7) is 6.38. The molecule has 1 rings (SSSR count). The van der Waals surface area contributed by atoms with Crippen LogP contribution in [0.4, 0.5) is 0 Å². The third-order valence-electron chi connectivity index (χ3n) is 3.04. The molecule has 0 heterocycles. The van der Waals surface area contributed by atoms with Crippen LogP contribution in [0.1, 0.15) is 37.4 Å². The molecule has 1 aromatic rings. The second kappa shape index (κ2) is 5.50. The maximum Gasteiger partial charge on any atom is 0.0488 e. The molecule has 2 atom stereocenters. The summed E-state index contributed by atoms with van der Waals surface area (Å²) in [5.41, 5.74) is 5.19. The van der Waals surface area contributed by atoms with Gasteiger partial charge in [0.25, 0.3) is 0 Å². The molecule has 0 spiro atoms. The van der Waals surface area contributed by atoms with Gasteiger partial charge in [-0.05, 0) is 30.0 Å². The monoisotopic (exact) mass is 226 g/mol. The summed E-state index contributed by atoms with van der Waals surface area (Å²) in [5.74, 6) is 6.10. The van der Waals surface area contributed by atoms with Crippen molar-refractivity contribution in [3.05, 3.63) is 34.3 Å². The van der Waals surface area contributed by atoms with Crippen LogP contribution in [0.2, 0.25) is 5.02 Å². The average molecular weight is 227 g/mol. The van der Waals surface area contributed by atoms with E-state index < -0.39 is 0 Å². The second-order valence-electron chi connectivity index (χ2n) is 3.98. The van der Waals surface area contributed by atoms with Crippen LogP contribution >= 0.6 is 11.6 Å². The smallest absolute Gasteiger partial charge is 0.0488 e. The number of nitrogens with one attached hydrogen (secondary N) is 1. The van der Waals surface area contributed by atoms with E-state index in [1.807, 2.05) is 19.1 Å². The zero-order chi connectivity index (χ0) is 11.4. The number of hydrogen-bond donors (Lipinski definition) is 2. The van der Waals surface area contributed by atoms with Gasteiger partial charge in [0.1, 0.15) is 0 Å². The fraction of sp³-hybridized carbons (Fsp3) is 0.500. The molecule has 0 saturated carbocycles. The first-order valence-electron chi connectivity index (χ1n) is 5.33. The number of rotatable bonds is 4. The van der Waals surface area contributed by atoms with E-state index in [1.54, 1.807) is 0 Å². The van der Waals surface area contributed by atoms with E-state index >= 15 is 0 Å². The molecule has 3 heteroatoms. The first-order chi connectivity index (χ1) is 7.11. The molecule has 1 aromatic carbocycles. The summed E-state index contributed by atoms with van der Waals surface area (Å²) in [4.78, 5) is 0. The lowest BCUT2D eigenvalue weighted by Crippen LogP contribution is -2.32. The van der Waals surface area contributed by atoms with Gasteiger partial charge in [0.15, 0.2) is 0 Å². The van der Waals surface area contributed by atoms with Crippen molar-refractivity contribution in [2.75, 3.05) is 0 Å². The first-order valence-corrected chi connectivity index (χ1v) is 5.70. The average Bonchev–Trinajstić information content (AvgIpc) is 2.24. The minimum Gasteiger partial charge on any atom is -0.271 e. The predicted octanol–water partition coefficient (Wildman–Crippen LogP) is 3.20. The first kappa shape index (κ1) is 12.5. The van der Waals surface area contributed by atoms with Crippen LogP contribution in [0.25, 0.3) is 0 Å². The Kier molecular flexibility index (Phi) is 4.58. The van der Waals surface area contributed by atoms with Gasteiger partial charge in [-0.1, -0.05) is 44.0 Å². The van der Waals surface area contributed by atoms with Crippen molar-refractivity contribution in [2.45, 2.75) is 33.2 Å². The molecule has 0 aliphatic heterocycles. The van der Waals surface area contributed by atoms with E-state index in [-0.39, 0.29) is 6.04 Å². The highest BCUT2D eigenvalue weighted by molar-refractivity contribution is 6.31. The highest BCUT2D eigenvalue weighted by Crippen LogP contribution is 2.29. The molecular formula is C12H19ClN2. The van der Waals surface area contributed by atoms with E-state index in [0.717, 1.165) is 17.0 Å². The summed E-state index contributed by atoms with van der Waals surface area (Å²) >= 11 is 6.09. The van der Waals surface area contributed by atoms with Crippen LogP contribution in [-0.2, 0) is 0 Å². The minimum atomic E-state index is 0.175. The summed E-state index contributed by atoms with van der Waals surface area (Å²) in [6, 6.07) is 6.13. The van der Waals surface area contributed by atoms with Crippen molar-refractivity contribution in [1.82, 2.24) is 5.43 Å². The zero-order valence-electron chi connectivity index (χ0n) is 9.55. The number of hydrogen-bond acceptors (Lipinski definition) is 2. The van der Waals surface area contributed by atoms with E-state index in [0.29, 0.717) is 5.92 Å². The Morgan fingerprint density at radius 1 is 1.47 bits per heavy atom. The Morgan fingerprint density at radius 2 is 2.13 bits per heavy atom. The van der Waals surface area contributed by atoms with Gasteiger partial charge in [-0.25, -0.2) is 0 Å². The maximum atomic E-state index is 6.09. The summed E-state index contributed by atoms with van der Waals surface area (Å²) in [5, 5.41) is 0.802. The maximum absolute atomic E-state index is 6.09. The minimum absolute atomic E-state index is 0.175. The van der Waals surface area contributed by atoms with Crippen LogP contribution < -0.4 is 11.3 Å². The van der Waals surface area contributed by atoms with Crippen LogP contribution in [0, 0.1) is 12.8 Å². The lowest BCUT2D eigenvalue weighted by molar-refractivity contribution is 0.381. The van der Waals surface area contributed by atoms with Crippen LogP contribution in [0.3, 0.4) is 0 Å². The number of benzene rings is 1. The SMILES string of the molecule is CCC(C)C(NN)c1cccc(Cl)c1C. The molecule has 0 aliphatic rings.